The molecule has 0 aromatic heterocycles. The van der Waals surface area contributed by atoms with Gasteiger partial charge in [-0.05, 0) is 23.1 Å². The van der Waals surface area contributed by atoms with Crippen LogP contribution >= 0.6 is 0 Å². The number of benzene rings is 3. The minimum absolute atomic E-state index is 0.225. The fourth-order valence-electron chi connectivity index (χ4n) is 3.80. The molecular weight excluding hydrogens is 346 g/mol. The molecule has 4 nitrogen and oxygen atoms in total. The van der Waals surface area contributed by atoms with Gasteiger partial charge in [-0.15, -0.1) is 0 Å². The van der Waals surface area contributed by atoms with Crippen molar-refractivity contribution in [2.24, 2.45) is 0 Å². The summed E-state index contributed by atoms with van der Waals surface area (Å²) in [5.74, 6) is 1.14. The van der Waals surface area contributed by atoms with Crippen molar-refractivity contribution in [3.05, 3.63) is 70.8 Å². The second-order valence-corrected chi connectivity index (χ2v) is 7.18. The number of hydrogen-bond acceptors (Lipinski definition) is 4. The minimum atomic E-state index is 0.225. The summed E-state index contributed by atoms with van der Waals surface area (Å²) in [6.45, 7) is 4.57. The monoisotopic (exact) mass is 365 g/mol. The normalized spacial score (nSPS) is 11.8. The van der Waals surface area contributed by atoms with Crippen LogP contribution in [0.25, 0.3) is 22.3 Å². The molecule has 0 bridgehead atoms. The third kappa shape index (κ3) is 2.59. The van der Waals surface area contributed by atoms with Gasteiger partial charge in [0.15, 0.2) is 0 Å². The summed E-state index contributed by atoms with van der Waals surface area (Å²) in [7, 11) is 0. The summed E-state index contributed by atoms with van der Waals surface area (Å²) in [6, 6.07) is 20.2. The van der Waals surface area contributed by atoms with Crippen LogP contribution in [0.2, 0.25) is 0 Å². The van der Waals surface area contributed by atoms with E-state index >= 15 is 0 Å². The Hall–Kier alpha value is -3.76. The SMILES string of the molecule is CC(C)c1ccc(-c2c(C#N)c(N)c(C#N)c3c2COc2ccccc2-3)cc1. The van der Waals surface area contributed by atoms with E-state index in [1.165, 1.54) is 5.56 Å². The van der Waals surface area contributed by atoms with Crippen LogP contribution in [0.1, 0.15) is 42.0 Å². The van der Waals surface area contributed by atoms with Crippen LogP contribution in [-0.4, -0.2) is 0 Å². The highest BCUT2D eigenvalue weighted by Gasteiger charge is 2.29. The van der Waals surface area contributed by atoms with Gasteiger partial charge < -0.3 is 10.5 Å². The maximum absolute atomic E-state index is 9.84. The Balaban J connectivity index is 2.07. The Kier molecular flexibility index (Phi) is 4.26. The van der Waals surface area contributed by atoms with Crippen LogP contribution in [0.5, 0.6) is 5.75 Å². The van der Waals surface area contributed by atoms with E-state index in [1.807, 2.05) is 36.4 Å². The number of fused-ring (bicyclic) bond motifs is 3. The third-order valence-corrected chi connectivity index (χ3v) is 5.26. The first-order valence-electron chi connectivity index (χ1n) is 9.17. The number of ether oxygens (including phenoxy) is 1. The van der Waals surface area contributed by atoms with Crippen molar-refractivity contribution in [3.63, 3.8) is 0 Å². The number of nitrogens with two attached hydrogens (primary N) is 1. The molecule has 3 aromatic carbocycles. The fraction of sp³-hybridized carbons (Fsp3) is 0.167. The lowest BCUT2D eigenvalue weighted by Gasteiger charge is -2.26. The van der Waals surface area contributed by atoms with E-state index in [2.05, 4.69) is 38.1 Å². The van der Waals surface area contributed by atoms with Gasteiger partial charge in [-0.25, -0.2) is 0 Å². The lowest BCUT2D eigenvalue weighted by atomic mass is 9.82. The first-order chi connectivity index (χ1) is 13.6. The van der Waals surface area contributed by atoms with Crippen LogP contribution in [-0.2, 0) is 6.61 Å². The highest BCUT2D eigenvalue weighted by molar-refractivity contribution is 5.94. The Morgan fingerprint density at radius 1 is 0.929 bits per heavy atom. The van der Waals surface area contributed by atoms with Gasteiger partial charge in [-0.3, -0.25) is 0 Å². The van der Waals surface area contributed by atoms with Gasteiger partial charge in [0, 0.05) is 22.3 Å². The fourth-order valence-corrected chi connectivity index (χ4v) is 3.80. The molecule has 28 heavy (non-hydrogen) atoms. The topological polar surface area (TPSA) is 82.8 Å². The molecule has 0 amide bonds. The molecule has 0 atom stereocenters. The first-order valence-corrected chi connectivity index (χ1v) is 9.17. The molecule has 4 heteroatoms. The number of rotatable bonds is 2. The summed E-state index contributed by atoms with van der Waals surface area (Å²) in [6.07, 6.45) is 0. The maximum atomic E-state index is 9.84. The second-order valence-electron chi connectivity index (χ2n) is 7.18. The quantitative estimate of drug-likeness (QED) is 0.620. The molecule has 4 rings (SSSR count). The Bertz CT molecular complexity index is 1160. The lowest BCUT2D eigenvalue weighted by Crippen LogP contribution is -2.12. The molecule has 0 spiro atoms. The van der Waals surface area contributed by atoms with Gasteiger partial charge in [-0.1, -0.05) is 56.3 Å². The molecule has 1 aliphatic rings. The van der Waals surface area contributed by atoms with E-state index in [9.17, 15) is 10.5 Å². The molecule has 3 aromatic rings. The van der Waals surface area contributed by atoms with Crippen LogP contribution in [0.4, 0.5) is 5.69 Å². The van der Waals surface area contributed by atoms with E-state index in [-0.39, 0.29) is 12.3 Å². The summed E-state index contributed by atoms with van der Waals surface area (Å²) in [4.78, 5) is 0. The van der Waals surface area contributed by atoms with Crippen LogP contribution < -0.4 is 10.5 Å². The van der Waals surface area contributed by atoms with Crippen LogP contribution in [0.3, 0.4) is 0 Å². The van der Waals surface area contributed by atoms with Gasteiger partial charge in [0.05, 0.1) is 16.8 Å². The number of nitrogen functional groups attached to an aromatic ring is 1. The highest BCUT2D eigenvalue weighted by Crippen LogP contribution is 2.47. The Labute approximate surface area is 164 Å². The molecule has 0 unspecified atom stereocenters. The van der Waals surface area contributed by atoms with Crippen molar-refractivity contribution >= 4 is 5.69 Å². The number of para-hydroxylation sites is 1. The molecule has 0 radical (unpaired) electrons. The predicted octanol–water partition coefficient (Wildman–Crippen LogP) is 5.36. The van der Waals surface area contributed by atoms with Gasteiger partial charge in [0.2, 0.25) is 0 Å². The first kappa shape index (κ1) is 17.6. The molecule has 1 heterocycles. The van der Waals surface area contributed by atoms with E-state index < -0.39 is 0 Å². The summed E-state index contributed by atoms with van der Waals surface area (Å²) < 4.78 is 5.95. The second kappa shape index (κ2) is 6.76. The van der Waals surface area contributed by atoms with Crippen molar-refractivity contribution < 1.29 is 4.74 Å². The average molecular weight is 365 g/mol. The standard InChI is InChI=1S/C24H19N3O/c1-14(2)15-7-9-16(10-8-15)22-18(11-25)24(27)19(12-26)23-17-5-3-4-6-21(17)28-13-20(22)23/h3-10,14H,13,27H2,1-2H3. The highest BCUT2D eigenvalue weighted by atomic mass is 16.5. The maximum Gasteiger partial charge on any atom is 0.127 e. The number of nitriles is 2. The zero-order chi connectivity index (χ0) is 19.8. The number of anilines is 1. The predicted molar refractivity (Wildman–Crippen MR) is 110 cm³/mol. The van der Waals surface area contributed by atoms with E-state index in [4.69, 9.17) is 10.5 Å². The molecule has 0 fully saturated rings. The Morgan fingerprint density at radius 3 is 2.21 bits per heavy atom. The molecule has 0 aliphatic carbocycles. The number of nitrogens with zero attached hydrogens (tertiary/aromatic N) is 2. The molecule has 0 saturated heterocycles. The Morgan fingerprint density at radius 2 is 1.57 bits per heavy atom. The third-order valence-electron chi connectivity index (χ3n) is 5.26. The zero-order valence-electron chi connectivity index (χ0n) is 15.8. The zero-order valence-corrected chi connectivity index (χ0v) is 15.8. The minimum Gasteiger partial charge on any atom is -0.488 e. The van der Waals surface area contributed by atoms with Crippen LogP contribution in [0.15, 0.2) is 48.5 Å². The van der Waals surface area contributed by atoms with Crippen LogP contribution in [0, 0.1) is 22.7 Å². The molecular formula is C24H19N3O. The van der Waals surface area contributed by atoms with Gasteiger partial charge in [0.25, 0.3) is 0 Å². The van der Waals surface area contributed by atoms with Gasteiger partial charge in [-0.2, -0.15) is 10.5 Å². The smallest absolute Gasteiger partial charge is 0.127 e. The molecule has 136 valence electrons. The summed E-state index contributed by atoms with van der Waals surface area (Å²) in [5, 5.41) is 19.6. The van der Waals surface area contributed by atoms with Crippen molar-refractivity contribution in [2.45, 2.75) is 26.4 Å². The number of hydrogen-bond donors (Lipinski definition) is 1. The van der Waals surface area contributed by atoms with Crippen molar-refractivity contribution in [2.75, 3.05) is 5.73 Å². The van der Waals surface area contributed by atoms with E-state index in [1.54, 1.807) is 0 Å². The van der Waals surface area contributed by atoms with E-state index in [0.717, 1.165) is 33.6 Å². The summed E-state index contributed by atoms with van der Waals surface area (Å²) in [5.41, 5.74) is 12.5. The average Bonchev–Trinajstić information content (AvgIpc) is 2.72. The summed E-state index contributed by atoms with van der Waals surface area (Å²) >= 11 is 0. The lowest BCUT2D eigenvalue weighted by molar-refractivity contribution is 0.303. The largest absolute Gasteiger partial charge is 0.488 e. The van der Waals surface area contributed by atoms with E-state index in [0.29, 0.717) is 17.0 Å². The van der Waals surface area contributed by atoms with Crippen molar-refractivity contribution in [1.82, 2.24) is 0 Å². The van der Waals surface area contributed by atoms with Gasteiger partial charge in [0.1, 0.15) is 24.5 Å². The molecule has 0 saturated carbocycles. The van der Waals surface area contributed by atoms with Crippen molar-refractivity contribution in [1.29, 1.82) is 10.5 Å². The molecule has 1 aliphatic heterocycles. The van der Waals surface area contributed by atoms with Gasteiger partial charge >= 0.3 is 0 Å². The van der Waals surface area contributed by atoms with Crippen molar-refractivity contribution in [3.8, 4) is 40.1 Å². The molecule has 2 N–H and O–H groups in total.